The molecule has 0 spiro atoms. The maximum Gasteiger partial charge on any atom is 0.261 e. The minimum absolute atomic E-state index is 0.115. The summed E-state index contributed by atoms with van der Waals surface area (Å²) in [6.07, 6.45) is 3.63. The van der Waals surface area contributed by atoms with Crippen LogP contribution in [-0.2, 0) is 16.1 Å². The van der Waals surface area contributed by atoms with Crippen LogP contribution in [0.1, 0.15) is 26.7 Å². The average molecular weight is 387 g/mol. The zero-order chi connectivity index (χ0) is 20.4. The van der Waals surface area contributed by atoms with Crippen molar-refractivity contribution in [1.82, 2.24) is 25.1 Å². The fourth-order valence-electron chi connectivity index (χ4n) is 2.83. The van der Waals surface area contributed by atoms with Gasteiger partial charge in [0, 0.05) is 13.1 Å². The number of hydrogen-bond acceptors (Lipinski definition) is 5. The van der Waals surface area contributed by atoms with Crippen LogP contribution in [0.15, 0.2) is 35.4 Å². The number of benzene rings is 1. The first-order valence-electron chi connectivity index (χ1n) is 9.75. The van der Waals surface area contributed by atoms with E-state index in [1.807, 2.05) is 0 Å². The summed E-state index contributed by atoms with van der Waals surface area (Å²) in [5, 5.41) is 5.80. The molecule has 8 nitrogen and oxygen atoms in total. The zero-order valence-electron chi connectivity index (χ0n) is 16.6. The van der Waals surface area contributed by atoms with E-state index < -0.39 is 5.91 Å². The Morgan fingerprint density at radius 3 is 2.64 bits per heavy atom. The molecule has 0 atom stereocenters. The summed E-state index contributed by atoms with van der Waals surface area (Å²) < 4.78 is 1.24. The van der Waals surface area contributed by atoms with Crippen molar-refractivity contribution in [2.75, 3.05) is 32.7 Å². The number of para-hydroxylation sites is 1. The van der Waals surface area contributed by atoms with Gasteiger partial charge in [-0.25, -0.2) is 4.98 Å². The van der Waals surface area contributed by atoms with Gasteiger partial charge < -0.3 is 15.5 Å². The number of amides is 2. The highest BCUT2D eigenvalue weighted by Crippen LogP contribution is 2.04. The first kappa shape index (κ1) is 21.6. The van der Waals surface area contributed by atoms with Crippen molar-refractivity contribution in [3.63, 3.8) is 0 Å². The van der Waals surface area contributed by atoms with E-state index in [9.17, 15) is 14.4 Å². The van der Waals surface area contributed by atoms with Gasteiger partial charge in [0.25, 0.3) is 5.56 Å². The summed E-state index contributed by atoms with van der Waals surface area (Å²) in [6.45, 7) is 7.26. The van der Waals surface area contributed by atoms with Crippen LogP contribution >= 0.6 is 0 Å². The third-order valence-corrected chi connectivity index (χ3v) is 4.52. The Labute approximate surface area is 164 Å². The number of aromatic nitrogens is 2. The zero-order valence-corrected chi connectivity index (χ0v) is 16.6. The molecular weight excluding hydrogens is 358 g/mol. The topological polar surface area (TPSA) is 96.3 Å². The number of nitrogens with one attached hydrogen (secondary N) is 2. The van der Waals surface area contributed by atoms with Crippen molar-refractivity contribution in [1.29, 1.82) is 0 Å². The maximum atomic E-state index is 12.4. The Bertz CT molecular complexity index is 849. The van der Waals surface area contributed by atoms with Crippen LogP contribution in [0.3, 0.4) is 0 Å². The molecule has 0 bridgehead atoms. The van der Waals surface area contributed by atoms with Crippen molar-refractivity contribution >= 4 is 22.7 Å². The molecule has 8 heteroatoms. The number of fused-ring (bicyclic) bond motifs is 1. The highest BCUT2D eigenvalue weighted by atomic mass is 16.2. The number of carbonyl (C=O) groups excluding carboxylic acids is 2. The summed E-state index contributed by atoms with van der Waals surface area (Å²) >= 11 is 0. The van der Waals surface area contributed by atoms with Gasteiger partial charge in [0.1, 0.15) is 6.54 Å². The van der Waals surface area contributed by atoms with E-state index in [-0.39, 0.29) is 24.6 Å². The third kappa shape index (κ3) is 6.45. The van der Waals surface area contributed by atoms with Crippen LogP contribution in [0.5, 0.6) is 0 Å². The summed E-state index contributed by atoms with van der Waals surface area (Å²) in [5.74, 6) is -0.656. The lowest BCUT2D eigenvalue weighted by molar-refractivity contribution is -0.126. The lowest BCUT2D eigenvalue weighted by Gasteiger charge is -2.20. The van der Waals surface area contributed by atoms with Gasteiger partial charge in [0.2, 0.25) is 11.8 Å². The number of rotatable bonds is 11. The molecule has 2 N–H and O–H groups in total. The van der Waals surface area contributed by atoms with E-state index >= 15 is 0 Å². The lowest BCUT2D eigenvalue weighted by Crippen LogP contribution is -2.42. The number of hydrogen-bond donors (Lipinski definition) is 2. The summed E-state index contributed by atoms with van der Waals surface area (Å²) in [4.78, 5) is 42.8. The molecule has 2 amide bonds. The molecular formula is C20H29N5O3. The molecule has 28 heavy (non-hydrogen) atoms. The predicted octanol–water partition coefficient (Wildman–Crippen LogP) is 0.751. The minimum atomic E-state index is -0.410. The van der Waals surface area contributed by atoms with Crippen LogP contribution < -0.4 is 16.2 Å². The van der Waals surface area contributed by atoms with E-state index in [2.05, 4.69) is 34.4 Å². The highest BCUT2D eigenvalue weighted by molar-refractivity contribution is 5.84. The molecule has 2 aromatic rings. The number of likely N-dealkylation sites (N-methyl/N-ethyl adjacent to an activating group) is 1. The predicted molar refractivity (Wildman–Crippen MR) is 109 cm³/mol. The van der Waals surface area contributed by atoms with Crippen molar-refractivity contribution < 1.29 is 9.59 Å². The van der Waals surface area contributed by atoms with Crippen molar-refractivity contribution in [3.8, 4) is 0 Å². The fraction of sp³-hybridized carbons (Fsp3) is 0.500. The molecule has 0 aliphatic rings. The average Bonchev–Trinajstić information content (AvgIpc) is 2.71. The molecule has 0 saturated carbocycles. The van der Waals surface area contributed by atoms with E-state index in [4.69, 9.17) is 0 Å². The van der Waals surface area contributed by atoms with E-state index in [1.165, 1.54) is 10.9 Å². The molecule has 152 valence electrons. The SMILES string of the molecule is CCCCN(CC)CCNC(=O)CNC(=O)Cn1cnc2ccccc2c1=O. The standard InChI is InChI=1S/C20H29N5O3/c1-3-5-11-24(4-2)12-10-21-18(26)13-22-19(27)14-25-15-23-17-9-7-6-8-16(17)20(25)28/h6-9,15H,3-5,10-14H2,1-2H3,(H,21,26)(H,22,27). The molecule has 1 heterocycles. The van der Waals surface area contributed by atoms with Crippen LogP contribution in [0.25, 0.3) is 10.9 Å². The molecule has 0 unspecified atom stereocenters. The van der Waals surface area contributed by atoms with Gasteiger partial charge >= 0.3 is 0 Å². The first-order valence-corrected chi connectivity index (χ1v) is 9.75. The number of nitrogens with zero attached hydrogens (tertiary/aromatic N) is 3. The Morgan fingerprint density at radius 1 is 1.11 bits per heavy atom. The third-order valence-electron chi connectivity index (χ3n) is 4.52. The molecule has 0 aliphatic heterocycles. The molecule has 0 aliphatic carbocycles. The molecule has 1 aromatic heterocycles. The smallest absolute Gasteiger partial charge is 0.261 e. The van der Waals surface area contributed by atoms with E-state index in [0.717, 1.165) is 32.5 Å². The largest absolute Gasteiger partial charge is 0.353 e. The molecule has 0 radical (unpaired) electrons. The number of unbranched alkanes of at least 4 members (excludes halogenated alkanes) is 1. The van der Waals surface area contributed by atoms with Crippen LogP contribution in [0, 0.1) is 0 Å². The minimum Gasteiger partial charge on any atom is -0.353 e. The second kappa shape index (κ2) is 11.2. The van der Waals surface area contributed by atoms with Gasteiger partial charge in [-0.05, 0) is 31.6 Å². The van der Waals surface area contributed by atoms with Crippen LogP contribution in [-0.4, -0.2) is 59.0 Å². The Kier molecular flexibility index (Phi) is 8.61. The Balaban J connectivity index is 1.76. The molecule has 0 fully saturated rings. The van der Waals surface area contributed by atoms with Crippen molar-refractivity contribution in [2.24, 2.45) is 0 Å². The van der Waals surface area contributed by atoms with Crippen molar-refractivity contribution in [2.45, 2.75) is 33.2 Å². The van der Waals surface area contributed by atoms with Gasteiger partial charge in [-0.2, -0.15) is 0 Å². The fourth-order valence-corrected chi connectivity index (χ4v) is 2.83. The summed E-state index contributed by atoms with van der Waals surface area (Å²) in [5.41, 5.74) is 0.306. The summed E-state index contributed by atoms with van der Waals surface area (Å²) in [6, 6.07) is 6.97. The Hall–Kier alpha value is -2.74. The van der Waals surface area contributed by atoms with Gasteiger partial charge in [0.15, 0.2) is 0 Å². The van der Waals surface area contributed by atoms with Gasteiger partial charge in [-0.1, -0.05) is 32.4 Å². The Morgan fingerprint density at radius 2 is 1.89 bits per heavy atom. The van der Waals surface area contributed by atoms with Crippen LogP contribution in [0.2, 0.25) is 0 Å². The highest BCUT2D eigenvalue weighted by Gasteiger charge is 2.10. The summed E-state index contributed by atoms with van der Waals surface area (Å²) in [7, 11) is 0. The van der Waals surface area contributed by atoms with Crippen LogP contribution in [0.4, 0.5) is 0 Å². The molecule has 2 rings (SSSR count). The van der Waals surface area contributed by atoms with E-state index in [0.29, 0.717) is 17.4 Å². The van der Waals surface area contributed by atoms with Gasteiger partial charge in [-0.15, -0.1) is 0 Å². The first-order chi connectivity index (χ1) is 13.5. The number of carbonyl (C=O) groups is 2. The molecule has 0 saturated heterocycles. The van der Waals surface area contributed by atoms with E-state index in [1.54, 1.807) is 24.3 Å². The maximum absolute atomic E-state index is 12.4. The monoisotopic (exact) mass is 387 g/mol. The van der Waals surface area contributed by atoms with Crippen molar-refractivity contribution in [3.05, 3.63) is 40.9 Å². The quantitative estimate of drug-likeness (QED) is 0.593. The lowest BCUT2D eigenvalue weighted by atomic mass is 10.2. The van der Waals surface area contributed by atoms with Gasteiger partial charge in [-0.3, -0.25) is 19.0 Å². The molecule has 1 aromatic carbocycles. The second-order valence-corrected chi connectivity index (χ2v) is 6.61. The normalized spacial score (nSPS) is 11.0. The van der Waals surface area contributed by atoms with Gasteiger partial charge in [0.05, 0.1) is 23.8 Å². The second-order valence-electron chi connectivity index (χ2n) is 6.61.